The maximum Gasteiger partial charge on any atom is 0.573 e. The SMILES string of the molecule is CN(C)C(=O)[C@H](Cc1ccc(Cl)c(Cl)c1)NS(=O)(=O)c1ccc(OC(F)(F)F)cc1. The predicted octanol–water partition coefficient (Wildman–Crippen LogP) is 3.87. The first-order valence-corrected chi connectivity index (χ1v) is 10.6. The first-order chi connectivity index (χ1) is 13.8. The second-order valence-electron chi connectivity index (χ2n) is 6.38. The Balaban J connectivity index is 2.26. The number of carbonyl (C=O) groups is 1. The minimum atomic E-state index is -4.90. The van der Waals surface area contributed by atoms with Crippen molar-refractivity contribution in [2.24, 2.45) is 0 Å². The number of likely N-dealkylation sites (N-methyl/N-ethyl adjacent to an activating group) is 1. The molecule has 0 spiro atoms. The highest BCUT2D eigenvalue weighted by Gasteiger charge is 2.31. The van der Waals surface area contributed by atoms with Crippen LogP contribution < -0.4 is 9.46 Å². The molecule has 0 radical (unpaired) electrons. The van der Waals surface area contributed by atoms with Gasteiger partial charge in [-0.1, -0.05) is 29.3 Å². The third-order valence-electron chi connectivity index (χ3n) is 3.83. The molecule has 2 aromatic rings. The quantitative estimate of drug-likeness (QED) is 0.647. The Kier molecular flexibility index (Phi) is 7.62. The molecule has 0 aliphatic rings. The fourth-order valence-corrected chi connectivity index (χ4v) is 3.98. The Morgan fingerprint density at radius 2 is 1.70 bits per heavy atom. The largest absolute Gasteiger partial charge is 0.573 e. The molecule has 0 unspecified atom stereocenters. The van der Waals surface area contributed by atoms with Gasteiger partial charge in [-0.05, 0) is 48.4 Å². The van der Waals surface area contributed by atoms with Gasteiger partial charge in [-0.3, -0.25) is 4.79 Å². The van der Waals surface area contributed by atoms with Crippen molar-refractivity contribution in [2.45, 2.75) is 23.7 Å². The summed E-state index contributed by atoms with van der Waals surface area (Å²) in [6.45, 7) is 0. The molecule has 0 saturated carbocycles. The third-order valence-corrected chi connectivity index (χ3v) is 6.05. The van der Waals surface area contributed by atoms with Crippen LogP contribution in [0.15, 0.2) is 47.4 Å². The molecular formula is C18H17Cl2F3N2O4S. The van der Waals surface area contributed by atoms with E-state index in [0.717, 1.165) is 24.3 Å². The zero-order chi connectivity index (χ0) is 22.7. The van der Waals surface area contributed by atoms with Crippen molar-refractivity contribution in [3.63, 3.8) is 0 Å². The standard InChI is InChI=1S/C18H17Cl2F3N2O4S/c1-25(2)17(26)16(10-11-3-8-14(19)15(20)9-11)24-30(27,28)13-6-4-12(5-7-13)29-18(21,22)23/h3-9,16,24H,10H2,1-2H3/t16-/m0/s1. The molecule has 1 N–H and O–H groups in total. The third kappa shape index (κ3) is 6.76. The number of amides is 1. The van der Waals surface area contributed by atoms with Crippen molar-refractivity contribution in [1.82, 2.24) is 9.62 Å². The first-order valence-electron chi connectivity index (χ1n) is 8.32. The summed E-state index contributed by atoms with van der Waals surface area (Å²) < 4.78 is 68.2. The number of ether oxygens (including phenoxy) is 1. The number of benzene rings is 2. The van der Waals surface area contributed by atoms with Gasteiger partial charge in [0.1, 0.15) is 11.8 Å². The van der Waals surface area contributed by atoms with Crippen LogP contribution in [0, 0.1) is 0 Å². The van der Waals surface area contributed by atoms with Crippen molar-refractivity contribution in [3.05, 3.63) is 58.1 Å². The normalized spacial score (nSPS) is 13.0. The highest BCUT2D eigenvalue weighted by molar-refractivity contribution is 7.89. The summed E-state index contributed by atoms with van der Waals surface area (Å²) in [6, 6.07) is 7.06. The number of hydrogen-bond acceptors (Lipinski definition) is 4. The van der Waals surface area contributed by atoms with Gasteiger partial charge in [0.05, 0.1) is 14.9 Å². The highest BCUT2D eigenvalue weighted by Crippen LogP contribution is 2.25. The Hall–Kier alpha value is -2.01. The molecule has 30 heavy (non-hydrogen) atoms. The van der Waals surface area contributed by atoms with E-state index in [4.69, 9.17) is 23.2 Å². The van der Waals surface area contributed by atoms with Crippen LogP contribution in [0.4, 0.5) is 13.2 Å². The Morgan fingerprint density at radius 1 is 1.10 bits per heavy atom. The average molecular weight is 485 g/mol. The average Bonchev–Trinajstić information content (AvgIpc) is 2.62. The molecule has 0 fully saturated rings. The zero-order valence-corrected chi connectivity index (χ0v) is 18.0. The molecule has 164 valence electrons. The van der Waals surface area contributed by atoms with Crippen LogP contribution in [-0.2, 0) is 21.2 Å². The molecule has 1 amide bonds. The molecule has 0 aromatic heterocycles. The Morgan fingerprint density at radius 3 is 2.20 bits per heavy atom. The lowest BCUT2D eigenvalue weighted by Gasteiger charge is -2.22. The lowest BCUT2D eigenvalue weighted by molar-refractivity contribution is -0.274. The molecule has 0 aliphatic heterocycles. The molecule has 2 rings (SSSR count). The summed E-state index contributed by atoms with van der Waals surface area (Å²) in [5.74, 6) is -1.10. The van der Waals surface area contributed by atoms with Gasteiger partial charge in [0.2, 0.25) is 15.9 Å². The van der Waals surface area contributed by atoms with Crippen molar-refractivity contribution in [3.8, 4) is 5.75 Å². The minimum Gasteiger partial charge on any atom is -0.406 e. The number of sulfonamides is 1. The summed E-state index contributed by atoms with van der Waals surface area (Å²) in [6.07, 6.45) is -4.93. The summed E-state index contributed by atoms with van der Waals surface area (Å²) in [5, 5.41) is 0.547. The van der Waals surface area contributed by atoms with Crippen LogP contribution in [-0.4, -0.2) is 45.7 Å². The van der Waals surface area contributed by atoms with Gasteiger partial charge >= 0.3 is 6.36 Å². The van der Waals surface area contributed by atoms with E-state index in [2.05, 4.69) is 9.46 Å². The molecule has 2 aromatic carbocycles. The van der Waals surface area contributed by atoms with E-state index in [-0.39, 0.29) is 16.3 Å². The molecule has 0 heterocycles. The van der Waals surface area contributed by atoms with Crippen LogP contribution in [0.1, 0.15) is 5.56 Å². The molecule has 6 nitrogen and oxygen atoms in total. The number of alkyl halides is 3. The second kappa shape index (κ2) is 9.42. The number of nitrogens with zero attached hydrogens (tertiary/aromatic N) is 1. The van der Waals surface area contributed by atoms with Gasteiger partial charge in [0.25, 0.3) is 0 Å². The van der Waals surface area contributed by atoms with Crippen LogP contribution >= 0.6 is 23.2 Å². The summed E-state index contributed by atoms with van der Waals surface area (Å²) in [7, 11) is -1.31. The minimum absolute atomic E-state index is 0.0254. The van der Waals surface area contributed by atoms with E-state index in [1.807, 2.05) is 0 Å². The summed E-state index contributed by atoms with van der Waals surface area (Å²) in [5.41, 5.74) is 0.557. The van der Waals surface area contributed by atoms with Crippen molar-refractivity contribution in [1.29, 1.82) is 0 Å². The summed E-state index contributed by atoms with van der Waals surface area (Å²) >= 11 is 11.8. The van der Waals surface area contributed by atoms with E-state index in [0.29, 0.717) is 10.6 Å². The van der Waals surface area contributed by atoms with Crippen molar-refractivity contribution >= 4 is 39.1 Å². The van der Waals surface area contributed by atoms with E-state index in [9.17, 15) is 26.4 Å². The molecular weight excluding hydrogens is 468 g/mol. The lowest BCUT2D eigenvalue weighted by atomic mass is 10.1. The van der Waals surface area contributed by atoms with Crippen molar-refractivity contribution in [2.75, 3.05) is 14.1 Å². The number of carbonyl (C=O) groups excluding carboxylic acids is 1. The van der Waals surface area contributed by atoms with E-state index in [1.165, 1.54) is 31.1 Å². The van der Waals surface area contributed by atoms with E-state index >= 15 is 0 Å². The second-order valence-corrected chi connectivity index (χ2v) is 8.91. The Bertz CT molecular complexity index is 1010. The number of nitrogens with one attached hydrogen (secondary N) is 1. The molecule has 12 heteroatoms. The van der Waals surface area contributed by atoms with Crippen LogP contribution in [0.25, 0.3) is 0 Å². The first kappa shape index (κ1) is 24.3. The van der Waals surface area contributed by atoms with Gasteiger partial charge in [0.15, 0.2) is 0 Å². The highest BCUT2D eigenvalue weighted by atomic mass is 35.5. The van der Waals surface area contributed by atoms with Crippen molar-refractivity contribution < 1.29 is 31.1 Å². The van der Waals surface area contributed by atoms with Gasteiger partial charge in [0, 0.05) is 14.1 Å². The van der Waals surface area contributed by atoms with E-state index < -0.39 is 34.1 Å². The number of halogens is 5. The fraction of sp³-hybridized carbons (Fsp3) is 0.278. The van der Waals surface area contributed by atoms with Gasteiger partial charge < -0.3 is 9.64 Å². The zero-order valence-electron chi connectivity index (χ0n) is 15.7. The number of hydrogen-bond donors (Lipinski definition) is 1. The topological polar surface area (TPSA) is 75.7 Å². The molecule has 0 bridgehead atoms. The fourth-order valence-electron chi connectivity index (χ4n) is 2.47. The monoisotopic (exact) mass is 484 g/mol. The van der Waals surface area contributed by atoms with Gasteiger partial charge in [-0.2, -0.15) is 4.72 Å². The maximum absolute atomic E-state index is 12.7. The van der Waals surface area contributed by atoms with Crippen LogP contribution in [0.3, 0.4) is 0 Å². The van der Waals surface area contributed by atoms with Gasteiger partial charge in [-0.15, -0.1) is 13.2 Å². The predicted molar refractivity (Wildman–Crippen MR) is 106 cm³/mol. The Labute approximate surface area is 181 Å². The maximum atomic E-state index is 12.7. The van der Waals surface area contributed by atoms with Crippen LogP contribution in [0.2, 0.25) is 10.0 Å². The molecule has 1 atom stereocenters. The molecule has 0 saturated heterocycles. The van der Waals surface area contributed by atoms with E-state index in [1.54, 1.807) is 6.07 Å². The number of rotatable bonds is 7. The lowest BCUT2D eigenvalue weighted by Crippen LogP contribution is -2.47. The van der Waals surface area contributed by atoms with Crippen LogP contribution in [0.5, 0.6) is 5.75 Å². The summed E-state index contributed by atoms with van der Waals surface area (Å²) in [4.78, 5) is 13.4. The van der Waals surface area contributed by atoms with Gasteiger partial charge in [-0.25, -0.2) is 8.42 Å². The molecule has 0 aliphatic carbocycles. The smallest absolute Gasteiger partial charge is 0.406 e.